The average molecular weight is 423 g/mol. The molecule has 0 aromatic carbocycles. The first kappa shape index (κ1) is 23.2. The highest BCUT2D eigenvalue weighted by Crippen LogP contribution is 2.47. The Hall–Kier alpha value is -1.86. The predicted octanol–water partition coefficient (Wildman–Crippen LogP) is 3.60. The summed E-state index contributed by atoms with van der Waals surface area (Å²) in [5, 5.41) is 2.56. The topological polar surface area (TPSA) is 71.0 Å². The van der Waals surface area contributed by atoms with Crippen LogP contribution in [-0.2, 0) is 4.79 Å². The number of carbonyl (C=O) groups is 1. The van der Waals surface area contributed by atoms with Gasteiger partial charge >= 0.3 is 23.9 Å². The lowest BCUT2D eigenvalue weighted by Crippen LogP contribution is -2.61. The lowest BCUT2D eigenvalue weighted by molar-refractivity contribution is -0.343. The van der Waals surface area contributed by atoms with Gasteiger partial charge in [-0.2, -0.15) is 45.7 Å². The number of nitrogens with zero attached hydrogens (tertiary/aromatic N) is 4. The molecule has 0 radical (unpaired) electrons. The maximum atomic E-state index is 13.9. The number of aromatic nitrogens is 3. The van der Waals surface area contributed by atoms with E-state index in [1.807, 2.05) is 0 Å². The molecule has 1 N–H and O–H groups in total. The van der Waals surface area contributed by atoms with Crippen LogP contribution in [0.15, 0.2) is 5.16 Å². The number of carbonyl (C=O) groups excluding carboxylic acids is 1. The Morgan fingerprint density at radius 1 is 1.11 bits per heavy atom. The lowest BCUT2D eigenvalue weighted by Gasteiger charge is -2.33. The molecule has 0 saturated carbocycles. The number of anilines is 2. The number of alkyl halides is 7. The van der Waals surface area contributed by atoms with Crippen molar-refractivity contribution in [3.05, 3.63) is 0 Å². The molecule has 0 aliphatic heterocycles. The minimum absolute atomic E-state index is 0.0120. The van der Waals surface area contributed by atoms with Gasteiger partial charge in [-0.25, -0.2) is 0 Å². The quantitative estimate of drug-likeness (QED) is 0.534. The fourth-order valence-electron chi connectivity index (χ4n) is 1.80. The van der Waals surface area contributed by atoms with Crippen LogP contribution in [0.4, 0.5) is 42.6 Å². The van der Waals surface area contributed by atoms with Crippen LogP contribution in [0.3, 0.4) is 0 Å². The SMILES string of the molecule is CCNc1nc(SC)nc(N(C(=O)C(F)(F)C(F)(F)C(F)(F)F)C(C)C)n1. The van der Waals surface area contributed by atoms with Gasteiger partial charge in [-0.05, 0) is 27.0 Å². The molecule has 6 nitrogen and oxygen atoms in total. The molecular weight excluding hydrogens is 407 g/mol. The van der Waals surface area contributed by atoms with E-state index in [-0.39, 0.29) is 22.5 Å². The maximum Gasteiger partial charge on any atom is 0.460 e. The van der Waals surface area contributed by atoms with E-state index in [4.69, 9.17) is 0 Å². The predicted molar refractivity (Wildman–Crippen MR) is 84.3 cm³/mol. The van der Waals surface area contributed by atoms with Gasteiger partial charge in [0, 0.05) is 12.6 Å². The Morgan fingerprint density at radius 2 is 1.67 bits per heavy atom. The van der Waals surface area contributed by atoms with Gasteiger partial charge in [-0.1, -0.05) is 11.8 Å². The largest absolute Gasteiger partial charge is 0.460 e. The summed E-state index contributed by atoms with van der Waals surface area (Å²) in [4.78, 5) is 23.2. The summed E-state index contributed by atoms with van der Waals surface area (Å²) in [5.41, 5.74) is 0. The molecule has 0 aliphatic carbocycles. The van der Waals surface area contributed by atoms with Crippen LogP contribution < -0.4 is 10.2 Å². The summed E-state index contributed by atoms with van der Waals surface area (Å²) in [6.07, 6.45) is -5.13. The first-order chi connectivity index (χ1) is 12.2. The third kappa shape index (κ3) is 4.52. The van der Waals surface area contributed by atoms with Crippen molar-refractivity contribution in [1.82, 2.24) is 15.0 Å². The third-order valence-electron chi connectivity index (χ3n) is 3.09. The molecule has 0 spiro atoms. The summed E-state index contributed by atoms with van der Waals surface area (Å²) in [5.74, 6) is -16.4. The van der Waals surface area contributed by atoms with Crippen molar-refractivity contribution >= 4 is 29.6 Å². The minimum atomic E-state index is -6.63. The molecule has 1 aromatic heterocycles. The summed E-state index contributed by atoms with van der Waals surface area (Å²) in [6.45, 7) is 4.20. The number of hydrogen-bond acceptors (Lipinski definition) is 6. The van der Waals surface area contributed by atoms with Gasteiger partial charge in [0.15, 0.2) is 5.16 Å². The zero-order valence-corrected chi connectivity index (χ0v) is 15.4. The Balaban J connectivity index is 3.49. The second-order valence-corrected chi connectivity index (χ2v) is 6.16. The Bertz CT molecular complexity index is 684. The molecule has 0 bridgehead atoms. The maximum absolute atomic E-state index is 13.9. The van der Waals surface area contributed by atoms with Gasteiger partial charge in [0.2, 0.25) is 11.9 Å². The highest BCUT2D eigenvalue weighted by atomic mass is 32.2. The van der Waals surface area contributed by atoms with Crippen LogP contribution in [0.5, 0.6) is 0 Å². The summed E-state index contributed by atoms with van der Waals surface area (Å²) in [6, 6.07) is -1.25. The highest BCUT2D eigenvalue weighted by Gasteiger charge is 2.77. The molecule has 14 heteroatoms. The van der Waals surface area contributed by atoms with E-state index in [0.717, 1.165) is 25.6 Å². The van der Waals surface area contributed by atoms with Crippen molar-refractivity contribution in [3.8, 4) is 0 Å². The first-order valence-electron chi connectivity index (χ1n) is 7.40. The fourth-order valence-corrected chi connectivity index (χ4v) is 2.15. The normalized spacial score (nSPS) is 13.0. The van der Waals surface area contributed by atoms with Crippen molar-refractivity contribution < 1.29 is 35.5 Å². The number of halogens is 7. The molecule has 27 heavy (non-hydrogen) atoms. The van der Waals surface area contributed by atoms with Gasteiger partial charge < -0.3 is 5.32 Å². The zero-order valence-electron chi connectivity index (χ0n) is 14.5. The molecule has 0 fully saturated rings. The van der Waals surface area contributed by atoms with Crippen molar-refractivity contribution in [2.24, 2.45) is 0 Å². The van der Waals surface area contributed by atoms with Crippen molar-refractivity contribution in [3.63, 3.8) is 0 Å². The molecule has 1 amide bonds. The van der Waals surface area contributed by atoms with E-state index in [1.165, 1.54) is 6.26 Å². The number of amides is 1. The Kier molecular flexibility index (Phi) is 6.89. The van der Waals surface area contributed by atoms with E-state index in [1.54, 1.807) is 6.92 Å². The second kappa shape index (κ2) is 8.02. The van der Waals surface area contributed by atoms with Crippen LogP contribution in [0, 0.1) is 0 Å². The Labute approximate surface area is 153 Å². The summed E-state index contributed by atoms with van der Waals surface area (Å²) in [7, 11) is 0. The Morgan fingerprint density at radius 3 is 2.07 bits per heavy atom. The fraction of sp³-hybridized carbons (Fsp3) is 0.692. The van der Waals surface area contributed by atoms with E-state index in [0.29, 0.717) is 0 Å². The van der Waals surface area contributed by atoms with Gasteiger partial charge in [-0.3, -0.25) is 9.69 Å². The molecule has 1 rings (SSSR count). The number of hydrogen-bond donors (Lipinski definition) is 1. The van der Waals surface area contributed by atoms with Crippen molar-refractivity contribution in [2.45, 2.75) is 50.0 Å². The number of rotatable bonds is 7. The standard InChI is InChI=1S/C13H16F7N5OS/c1-5-21-8-22-9(24-10(23-8)27-4)25(6(2)3)7(26)11(14,15)12(16,17)13(18,19)20/h6H,5H2,1-4H3,(H,21,22,23,24). The molecule has 1 aromatic rings. The molecule has 0 atom stereocenters. The van der Waals surface area contributed by atoms with Crippen LogP contribution in [0.2, 0.25) is 0 Å². The molecule has 0 aliphatic rings. The molecule has 0 saturated heterocycles. The third-order valence-corrected chi connectivity index (χ3v) is 3.64. The second-order valence-electron chi connectivity index (χ2n) is 5.39. The zero-order chi connectivity index (χ0) is 21.2. The van der Waals surface area contributed by atoms with Gasteiger partial charge in [0.1, 0.15) is 0 Å². The van der Waals surface area contributed by atoms with Crippen LogP contribution in [-0.4, -0.2) is 57.7 Å². The van der Waals surface area contributed by atoms with Crippen LogP contribution >= 0.6 is 11.8 Å². The molecule has 0 unspecified atom stereocenters. The number of thioether (sulfide) groups is 1. The van der Waals surface area contributed by atoms with E-state index in [2.05, 4.69) is 20.3 Å². The van der Waals surface area contributed by atoms with Crippen molar-refractivity contribution in [1.29, 1.82) is 0 Å². The average Bonchev–Trinajstić information content (AvgIpc) is 2.53. The first-order valence-corrected chi connectivity index (χ1v) is 8.63. The van der Waals surface area contributed by atoms with Crippen LogP contribution in [0.1, 0.15) is 20.8 Å². The van der Waals surface area contributed by atoms with Crippen molar-refractivity contribution in [2.75, 3.05) is 23.0 Å². The van der Waals surface area contributed by atoms with Gasteiger partial charge in [-0.15, -0.1) is 0 Å². The van der Waals surface area contributed by atoms with E-state index in [9.17, 15) is 35.5 Å². The van der Waals surface area contributed by atoms with Crippen LogP contribution in [0.25, 0.3) is 0 Å². The molecule has 154 valence electrons. The van der Waals surface area contributed by atoms with Gasteiger partial charge in [0.05, 0.1) is 0 Å². The molecule has 1 heterocycles. The molecular formula is C13H16F7N5OS. The van der Waals surface area contributed by atoms with E-state index >= 15 is 0 Å². The highest BCUT2D eigenvalue weighted by molar-refractivity contribution is 7.98. The minimum Gasteiger partial charge on any atom is -0.354 e. The number of nitrogens with one attached hydrogen (secondary N) is 1. The summed E-state index contributed by atoms with van der Waals surface area (Å²) < 4.78 is 91.4. The smallest absolute Gasteiger partial charge is 0.354 e. The summed E-state index contributed by atoms with van der Waals surface area (Å²) >= 11 is 0.925. The van der Waals surface area contributed by atoms with Gasteiger partial charge in [0.25, 0.3) is 0 Å². The monoisotopic (exact) mass is 423 g/mol. The van der Waals surface area contributed by atoms with E-state index < -0.39 is 35.9 Å². The lowest BCUT2D eigenvalue weighted by atomic mass is 10.1.